The summed E-state index contributed by atoms with van der Waals surface area (Å²) in [6, 6.07) is 10.3. The Labute approximate surface area is 180 Å². The quantitative estimate of drug-likeness (QED) is 0.577. The summed E-state index contributed by atoms with van der Waals surface area (Å²) >= 11 is 7.90. The summed E-state index contributed by atoms with van der Waals surface area (Å²) in [5.74, 6) is 0.779. The highest BCUT2D eigenvalue weighted by atomic mass is 35.5. The number of carbonyl (C=O) groups is 1. The zero-order chi connectivity index (χ0) is 20.2. The number of benzene rings is 1. The molecule has 0 bridgehead atoms. The molecule has 8 heteroatoms. The van der Waals surface area contributed by atoms with Crippen molar-refractivity contribution in [3.63, 3.8) is 0 Å². The van der Waals surface area contributed by atoms with Crippen molar-refractivity contribution in [3.8, 4) is 0 Å². The molecule has 29 heavy (non-hydrogen) atoms. The number of nitrogens with one attached hydrogen (secondary N) is 2. The molecule has 1 atom stereocenters. The van der Waals surface area contributed by atoms with Gasteiger partial charge in [0, 0.05) is 54.9 Å². The van der Waals surface area contributed by atoms with E-state index in [-0.39, 0.29) is 18.5 Å². The van der Waals surface area contributed by atoms with Gasteiger partial charge in [0.2, 0.25) is 5.91 Å². The summed E-state index contributed by atoms with van der Waals surface area (Å²) in [6.07, 6.45) is 1.96. The molecule has 0 saturated carbocycles. The molecule has 1 unspecified atom stereocenters. The first-order valence-corrected chi connectivity index (χ1v) is 11.2. The highest BCUT2D eigenvalue weighted by Gasteiger charge is 2.25. The Morgan fingerprint density at radius 1 is 1.34 bits per heavy atom. The van der Waals surface area contributed by atoms with Gasteiger partial charge in [-0.1, -0.05) is 17.7 Å². The Balaban J connectivity index is 1.25. The lowest BCUT2D eigenvalue weighted by atomic mass is 10.1. The van der Waals surface area contributed by atoms with Crippen LogP contribution in [0.1, 0.15) is 16.9 Å². The molecule has 0 radical (unpaired) electrons. The fourth-order valence-corrected chi connectivity index (χ4v) is 4.98. The highest BCUT2D eigenvalue weighted by Crippen LogP contribution is 2.24. The van der Waals surface area contributed by atoms with E-state index < -0.39 is 0 Å². The monoisotopic (exact) mass is 431 g/mol. The smallest absolute Gasteiger partial charge is 0.242 e. The Bertz CT molecular complexity index is 899. The van der Waals surface area contributed by atoms with E-state index in [1.807, 2.05) is 23.1 Å². The number of fused-ring (bicyclic) bond motifs is 1. The van der Waals surface area contributed by atoms with Gasteiger partial charge in [-0.3, -0.25) is 9.79 Å². The van der Waals surface area contributed by atoms with Gasteiger partial charge in [-0.15, -0.1) is 11.3 Å². The van der Waals surface area contributed by atoms with Crippen LogP contribution < -0.4 is 15.5 Å². The Morgan fingerprint density at radius 2 is 2.24 bits per heavy atom. The zero-order valence-electron chi connectivity index (χ0n) is 16.5. The van der Waals surface area contributed by atoms with Gasteiger partial charge >= 0.3 is 0 Å². The van der Waals surface area contributed by atoms with Gasteiger partial charge in [-0.2, -0.15) is 0 Å². The van der Waals surface area contributed by atoms with E-state index in [1.165, 1.54) is 10.4 Å². The SMILES string of the molecule is CN=C(NCC(=O)N1CCc2sccc2C1)NC1CCN(c2cccc(Cl)c2)C1. The number of hydrogen-bond donors (Lipinski definition) is 2. The minimum Gasteiger partial charge on any atom is -0.369 e. The van der Waals surface area contributed by atoms with Crippen molar-refractivity contribution in [2.75, 3.05) is 38.1 Å². The minimum absolute atomic E-state index is 0.108. The maximum Gasteiger partial charge on any atom is 0.242 e. The minimum atomic E-state index is 0.108. The van der Waals surface area contributed by atoms with Crippen LogP contribution in [0.3, 0.4) is 0 Å². The summed E-state index contributed by atoms with van der Waals surface area (Å²) in [4.78, 5) is 22.6. The van der Waals surface area contributed by atoms with E-state index in [2.05, 4.69) is 38.0 Å². The van der Waals surface area contributed by atoms with Gasteiger partial charge in [0.15, 0.2) is 5.96 Å². The number of anilines is 1. The Morgan fingerprint density at radius 3 is 3.07 bits per heavy atom. The van der Waals surface area contributed by atoms with Crippen molar-refractivity contribution in [2.24, 2.45) is 4.99 Å². The largest absolute Gasteiger partial charge is 0.369 e. The predicted molar refractivity (Wildman–Crippen MR) is 120 cm³/mol. The highest BCUT2D eigenvalue weighted by molar-refractivity contribution is 7.10. The number of amides is 1. The molecule has 3 heterocycles. The molecular formula is C21H26ClN5OS. The van der Waals surface area contributed by atoms with E-state index >= 15 is 0 Å². The molecule has 1 saturated heterocycles. The van der Waals surface area contributed by atoms with Crippen molar-refractivity contribution < 1.29 is 4.79 Å². The van der Waals surface area contributed by atoms with Gasteiger partial charge in [-0.25, -0.2) is 0 Å². The molecule has 4 rings (SSSR count). The number of carbonyl (C=O) groups excluding carboxylic acids is 1. The second kappa shape index (κ2) is 9.05. The fraction of sp³-hybridized carbons (Fsp3) is 0.429. The normalized spacial score (nSPS) is 19.2. The molecule has 6 nitrogen and oxygen atoms in total. The van der Waals surface area contributed by atoms with E-state index in [0.29, 0.717) is 12.5 Å². The third kappa shape index (κ3) is 4.85. The summed E-state index contributed by atoms with van der Waals surface area (Å²) in [5.41, 5.74) is 2.42. The Hall–Kier alpha value is -2.25. The van der Waals surface area contributed by atoms with Gasteiger partial charge in [0.05, 0.1) is 6.54 Å². The van der Waals surface area contributed by atoms with E-state index in [4.69, 9.17) is 11.6 Å². The molecule has 1 fully saturated rings. The maximum atomic E-state index is 12.6. The van der Waals surface area contributed by atoms with E-state index in [9.17, 15) is 4.79 Å². The van der Waals surface area contributed by atoms with E-state index in [0.717, 1.165) is 43.2 Å². The van der Waals surface area contributed by atoms with Crippen LogP contribution in [0.2, 0.25) is 5.02 Å². The van der Waals surface area contributed by atoms with Crippen LogP contribution in [-0.2, 0) is 17.8 Å². The number of nitrogens with zero attached hydrogens (tertiary/aromatic N) is 3. The van der Waals surface area contributed by atoms with Crippen LogP contribution in [0.25, 0.3) is 0 Å². The first kappa shape index (κ1) is 20.0. The summed E-state index contributed by atoms with van der Waals surface area (Å²) < 4.78 is 0. The number of halogens is 1. The third-order valence-corrected chi connectivity index (χ3v) is 6.75. The lowest BCUT2D eigenvalue weighted by Crippen LogP contribution is -2.48. The zero-order valence-corrected chi connectivity index (χ0v) is 18.1. The van der Waals surface area contributed by atoms with Crippen molar-refractivity contribution in [2.45, 2.75) is 25.4 Å². The molecule has 2 aromatic rings. The Kier molecular flexibility index (Phi) is 6.25. The summed E-state index contributed by atoms with van der Waals surface area (Å²) in [5, 5.41) is 9.49. The van der Waals surface area contributed by atoms with Crippen LogP contribution in [0.4, 0.5) is 5.69 Å². The van der Waals surface area contributed by atoms with Gasteiger partial charge < -0.3 is 20.4 Å². The van der Waals surface area contributed by atoms with Crippen molar-refractivity contribution in [3.05, 3.63) is 51.2 Å². The average molecular weight is 432 g/mol. The topological polar surface area (TPSA) is 60.0 Å². The number of hydrogen-bond acceptors (Lipinski definition) is 4. The van der Waals surface area contributed by atoms with E-state index in [1.54, 1.807) is 18.4 Å². The number of aliphatic imine (C=N–C) groups is 1. The standard InChI is InChI=1S/C21H26ClN5OS/c1-23-21(24-12-20(28)27-9-6-19-15(13-27)7-10-29-19)25-17-5-8-26(14-17)18-4-2-3-16(22)11-18/h2-4,7,10-11,17H,5-6,8-9,12-14H2,1H3,(H2,23,24,25). The maximum absolute atomic E-state index is 12.6. The molecular weight excluding hydrogens is 406 g/mol. The van der Waals surface area contributed by atoms with Crippen LogP contribution in [-0.4, -0.2) is 56.0 Å². The van der Waals surface area contributed by atoms with Crippen LogP contribution in [0.5, 0.6) is 0 Å². The van der Waals surface area contributed by atoms with Crippen LogP contribution in [0, 0.1) is 0 Å². The average Bonchev–Trinajstić information content (AvgIpc) is 3.39. The van der Waals surface area contributed by atoms with Gasteiger partial charge in [0.1, 0.15) is 0 Å². The molecule has 2 N–H and O–H groups in total. The molecule has 1 amide bonds. The van der Waals surface area contributed by atoms with Crippen LogP contribution in [0.15, 0.2) is 40.7 Å². The number of thiophene rings is 1. The van der Waals surface area contributed by atoms with Crippen molar-refractivity contribution in [1.29, 1.82) is 0 Å². The first-order valence-electron chi connectivity index (χ1n) is 9.93. The van der Waals surface area contributed by atoms with Crippen molar-refractivity contribution in [1.82, 2.24) is 15.5 Å². The molecule has 1 aromatic carbocycles. The summed E-state index contributed by atoms with van der Waals surface area (Å²) in [6.45, 7) is 3.59. The predicted octanol–water partition coefficient (Wildman–Crippen LogP) is 2.73. The first-order chi connectivity index (χ1) is 14.1. The summed E-state index contributed by atoms with van der Waals surface area (Å²) in [7, 11) is 1.74. The second-order valence-electron chi connectivity index (χ2n) is 7.42. The third-order valence-electron chi connectivity index (χ3n) is 5.49. The molecule has 0 aliphatic carbocycles. The lowest BCUT2D eigenvalue weighted by Gasteiger charge is -2.27. The second-order valence-corrected chi connectivity index (χ2v) is 8.85. The molecule has 2 aliphatic rings. The lowest BCUT2D eigenvalue weighted by molar-refractivity contribution is -0.130. The number of guanidine groups is 1. The molecule has 2 aliphatic heterocycles. The molecule has 154 valence electrons. The number of rotatable bonds is 4. The molecule has 0 spiro atoms. The van der Waals surface area contributed by atoms with Crippen LogP contribution >= 0.6 is 22.9 Å². The van der Waals surface area contributed by atoms with Gasteiger partial charge in [-0.05, 0) is 48.1 Å². The fourth-order valence-electron chi connectivity index (χ4n) is 3.91. The van der Waals surface area contributed by atoms with Crippen molar-refractivity contribution >= 4 is 40.5 Å². The molecule has 1 aromatic heterocycles. The van der Waals surface area contributed by atoms with Gasteiger partial charge in [0.25, 0.3) is 0 Å².